The Labute approximate surface area is 237 Å². The van der Waals surface area contributed by atoms with E-state index in [2.05, 4.69) is 4.99 Å². The van der Waals surface area contributed by atoms with Gasteiger partial charge in [0.25, 0.3) is 11.2 Å². The highest BCUT2D eigenvalue weighted by Crippen LogP contribution is 2.38. The van der Waals surface area contributed by atoms with E-state index in [0.29, 0.717) is 49.2 Å². The van der Waals surface area contributed by atoms with Crippen LogP contribution in [0.2, 0.25) is 0 Å². The van der Waals surface area contributed by atoms with Crippen molar-refractivity contribution in [3.8, 4) is 22.8 Å². The summed E-state index contributed by atoms with van der Waals surface area (Å²) < 4.78 is 24.1. The Morgan fingerprint density at radius 3 is 2.68 bits per heavy atom. The summed E-state index contributed by atoms with van der Waals surface area (Å²) in [6.07, 6.45) is 1.58. The molecular weight excluding hydrogens is 550 g/mol. The summed E-state index contributed by atoms with van der Waals surface area (Å²) in [6, 6.07) is 13.7. The highest BCUT2D eigenvalue weighted by molar-refractivity contribution is 7.07. The van der Waals surface area contributed by atoms with Crippen LogP contribution in [0.25, 0.3) is 17.4 Å². The van der Waals surface area contributed by atoms with Gasteiger partial charge in [-0.2, -0.15) is 0 Å². The molecule has 0 amide bonds. The number of allylic oxidation sites excluding steroid dienone is 1. The van der Waals surface area contributed by atoms with E-state index >= 15 is 0 Å². The third kappa shape index (κ3) is 5.16. The Kier molecular flexibility index (Phi) is 7.58. The van der Waals surface area contributed by atoms with Gasteiger partial charge in [-0.05, 0) is 44.2 Å². The molecule has 1 aliphatic rings. The van der Waals surface area contributed by atoms with Crippen molar-refractivity contribution in [2.75, 3.05) is 20.8 Å². The molecular formula is C29H25N3O8S. The lowest BCUT2D eigenvalue weighted by atomic mass is 9.95. The van der Waals surface area contributed by atoms with Crippen LogP contribution >= 0.6 is 11.3 Å². The van der Waals surface area contributed by atoms with E-state index in [-0.39, 0.29) is 17.9 Å². The Morgan fingerprint density at radius 1 is 1.17 bits per heavy atom. The van der Waals surface area contributed by atoms with E-state index < -0.39 is 22.5 Å². The van der Waals surface area contributed by atoms with Gasteiger partial charge in [0, 0.05) is 29.3 Å². The first kappa shape index (κ1) is 27.6. The number of carbonyl (C=O) groups excluding carboxylic acids is 1. The minimum Gasteiger partial charge on any atom is -0.497 e. The van der Waals surface area contributed by atoms with Gasteiger partial charge in [-0.3, -0.25) is 19.5 Å². The maximum absolute atomic E-state index is 13.9. The van der Waals surface area contributed by atoms with Crippen molar-refractivity contribution in [1.82, 2.24) is 4.57 Å². The van der Waals surface area contributed by atoms with Crippen molar-refractivity contribution in [2.45, 2.75) is 19.9 Å². The molecule has 0 saturated heterocycles. The number of methoxy groups -OCH3 is 2. The molecule has 1 aliphatic heterocycles. The van der Waals surface area contributed by atoms with Gasteiger partial charge >= 0.3 is 5.97 Å². The molecule has 5 rings (SSSR count). The number of furan rings is 1. The molecule has 0 bridgehead atoms. The lowest BCUT2D eigenvalue weighted by molar-refractivity contribution is -0.384. The van der Waals surface area contributed by atoms with E-state index in [1.807, 2.05) is 0 Å². The number of nitro groups is 1. The van der Waals surface area contributed by atoms with Crippen LogP contribution in [0.5, 0.6) is 11.5 Å². The molecule has 210 valence electrons. The summed E-state index contributed by atoms with van der Waals surface area (Å²) in [5.41, 5.74) is 1.23. The maximum Gasteiger partial charge on any atom is 0.338 e. The van der Waals surface area contributed by atoms with E-state index in [4.69, 9.17) is 18.6 Å². The van der Waals surface area contributed by atoms with E-state index in [1.54, 1.807) is 62.4 Å². The van der Waals surface area contributed by atoms with Crippen LogP contribution in [0.3, 0.4) is 0 Å². The molecule has 2 aromatic carbocycles. The average Bonchev–Trinajstić information content (AvgIpc) is 3.56. The van der Waals surface area contributed by atoms with Crippen molar-refractivity contribution < 1.29 is 28.3 Å². The molecule has 2 aromatic heterocycles. The summed E-state index contributed by atoms with van der Waals surface area (Å²) >= 11 is 1.14. The standard InChI is InChI=1S/C29H25N3O8S/c1-5-39-28(34)25-16(2)30-29-31(26(25)21-14-19(37-3)9-12-23(21)38-4)27(33)24(41-29)15-20-10-11-22(40-20)17-7-6-8-18(13-17)32(35)36/h6-15,26H,5H2,1-4H3/b24-15-/t26-/m1/s1. The fourth-order valence-electron chi connectivity index (χ4n) is 4.63. The van der Waals surface area contributed by atoms with Crippen LogP contribution in [0.4, 0.5) is 5.69 Å². The number of fused-ring (bicyclic) bond motifs is 1. The van der Waals surface area contributed by atoms with Crippen LogP contribution in [-0.4, -0.2) is 36.3 Å². The van der Waals surface area contributed by atoms with Crippen molar-refractivity contribution in [1.29, 1.82) is 0 Å². The normalized spacial score (nSPS) is 14.8. The Morgan fingerprint density at radius 2 is 1.98 bits per heavy atom. The summed E-state index contributed by atoms with van der Waals surface area (Å²) in [4.78, 5) is 42.7. The van der Waals surface area contributed by atoms with Gasteiger partial charge in [0.2, 0.25) is 0 Å². The quantitative estimate of drug-likeness (QED) is 0.175. The maximum atomic E-state index is 13.9. The van der Waals surface area contributed by atoms with Gasteiger partial charge in [-0.15, -0.1) is 0 Å². The number of ether oxygens (including phenoxy) is 3. The number of carbonyl (C=O) groups is 1. The molecule has 0 radical (unpaired) electrons. The monoisotopic (exact) mass is 575 g/mol. The van der Waals surface area contributed by atoms with Gasteiger partial charge in [0.05, 0.1) is 41.6 Å². The molecule has 0 saturated carbocycles. The molecule has 11 nitrogen and oxygen atoms in total. The first-order chi connectivity index (χ1) is 19.7. The number of esters is 1. The summed E-state index contributed by atoms with van der Waals surface area (Å²) in [5, 5.41) is 11.2. The minimum atomic E-state index is -0.894. The molecule has 0 aliphatic carbocycles. The van der Waals surface area contributed by atoms with Gasteiger partial charge in [-0.1, -0.05) is 23.5 Å². The second kappa shape index (κ2) is 11.3. The first-order valence-electron chi connectivity index (χ1n) is 12.5. The summed E-state index contributed by atoms with van der Waals surface area (Å²) in [5.74, 6) is 1.16. The van der Waals surface area contributed by atoms with Crippen molar-refractivity contribution in [3.63, 3.8) is 0 Å². The van der Waals surface area contributed by atoms with Crippen molar-refractivity contribution in [3.05, 3.63) is 107 Å². The zero-order valence-electron chi connectivity index (χ0n) is 22.6. The summed E-state index contributed by atoms with van der Waals surface area (Å²) in [6.45, 7) is 3.55. The predicted molar refractivity (Wildman–Crippen MR) is 151 cm³/mol. The van der Waals surface area contributed by atoms with Gasteiger partial charge in [-0.25, -0.2) is 9.79 Å². The largest absolute Gasteiger partial charge is 0.497 e. The van der Waals surface area contributed by atoms with E-state index in [0.717, 1.165) is 11.3 Å². The molecule has 41 heavy (non-hydrogen) atoms. The van der Waals surface area contributed by atoms with Crippen LogP contribution < -0.4 is 24.4 Å². The Hall–Kier alpha value is -4.97. The number of hydrogen-bond acceptors (Lipinski definition) is 10. The van der Waals surface area contributed by atoms with Gasteiger partial charge < -0.3 is 18.6 Å². The molecule has 0 spiro atoms. The molecule has 0 unspecified atom stereocenters. The Balaban J connectivity index is 1.66. The van der Waals surface area contributed by atoms with Crippen LogP contribution in [-0.2, 0) is 9.53 Å². The fraction of sp³-hybridized carbons (Fsp3) is 0.207. The predicted octanol–water partition coefficient (Wildman–Crippen LogP) is 3.98. The number of aromatic nitrogens is 1. The SMILES string of the molecule is CCOC(=O)C1=C(C)N=c2s/c(=C\c3ccc(-c4cccc([N+](=O)[O-])c4)o3)c(=O)n2[C@@H]1c1cc(OC)ccc1OC. The number of benzene rings is 2. The van der Waals surface area contributed by atoms with Gasteiger partial charge in [0.1, 0.15) is 29.1 Å². The van der Waals surface area contributed by atoms with Crippen LogP contribution in [0, 0.1) is 10.1 Å². The van der Waals surface area contributed by atoms with Crippen molar-refractivity contribution in [2.24, 2.45) is 4.99 Å². The zero-order chi connectivity index (χ0) is 29.3. The van der Waals surface area contributed by atoms with E-state index in [9.17, 15) is 19.7 Å². The molecule has 12 heteroatoms. The highest BCUT2D eigenvalue weighted by atomic mass is 32.1. The third-order valence-electron chi connectivity index (χ3n) is 6.49. The number of non-ortho nitro benzene ring substituents is 1. The first-order valence-corrected chi connectivity index (χ1v) is 13.3. The molecule has 0 fully saturated rings. The van der Waals surface area contributed by atoms with Gasteiger partial charge in [0.15, 0.2) is 4.80 Å². The second-order valence-corrected chi connectivity index (χ2v) is 9.93. The second-order valence-electron chi connectivity index (χ2n) is 8.92. The average molecular weight is 576 g/mol. The number of hydrogen-bond donors (Lipinski definition) is 0. The number of thiazole rings is 1. The summed E-state index contributed by atoms with van der Waals surface area (Å²) in [7, 11) is 3.03. The topological polar surface area (TPSA) is 135 Å². The third-order valence-corrected chi connectivity index (χ3v) is 7.47. The number of nitro benzene ring substituents is 1. The van der Waals surface area contributed by atoms with Crippen molar-refractivity contribution >= 4 is 29.1 Å². The number of rotatable bonds is 8. The molecule has 4 aromatic rings. The lowest BCUT2D eigenvalue weighted by Crippen LogP contribution is -2.40. The lowest BCUT2D eigenvalue weighted by Gasteiger charge is -2.26. The molecule has 0 N–H and O–H groups in total. The molecule has 1 atom stereocenters. The minimum absolute atomic E-state index is 0.0606. The molecule has 3 heterocycles. The van der Waals surface area contributed by atoms with Crippen LogP contribution in [0.15, 0.2) is 80.1 Å². The fourth-order valence-corrected chi connectivity index (χ4v) is 5.65. The number of nitrogens with zero attached hydrogens (tertiary/aromatic N) is 3. The Bertz CT molecular complexity index is 1880. The zero-order valence-corrected chi connectivity index (χ0v) is 23.4. The smallest absolute Gasteiger partial charge is 0.338 e. The van der Waals surface area contributed by atoms with E-state index in [1.165, 1.54) is 30.9 Å². The van der Waals surface area contributed by atoms with Crippen LogP contribution in [0.1, 0.15) is 31.2 Å². The highest BCUT2D eigenvalue weighted by Gasteiger charge is 2.35.